The highest BCUT2D eigenvalue weighted by molar-refractivity contribution is 8.13. The number of hydrogen-bond donors (Lipinski definition) is 0. The van der Waals surface area contributed by atoms with E-state index in [9.17, 15) is 8.42 Å². The van der Waals surface area contributed by atoms with Gasteiger partial charge in [-0.1, -0.05) is 6.07 Å². The van der Waals surface area contributed by atoms with E-state index in [-0.39, 0.29) is 11.2 Å². The second kappa shape index (κ2) is 5.46. The maximum atomic E-state index is 11.5. The Morgan fingerprint density at radius 2 is 2.15 bits per heavy atom. The van der Waals surface area contributed by atoms with Crippen LogP contribution in [0.5, 0.6) is 0 Å². The zero-order valence-corrected chi connectivity index (χ0v) is 13.1. The number of rotatable bonds is 6. The Morgan fingerprint density at radius 1 is 1.35 bits per heavy atom. The number of aryl methyl sites for hydroxylation is 2. The monoisotopic (exact) mass is 331 g/mol. The van der Waals surface area contributed by atoms with Gasteiger partial charge in [-0.15, -0.1) is 21.5 Å². The summed E-state index contributed by atoms with van der Waals surface area (Å²) >= 11 is 1.73. The van der Waals surface area contributed by atoms with Gasteiger partial charge in [-0.25, -0.2) is 8.42 Å². The van der Waals surface area contributed by atoms with Crippen LogP contribution in [0.3, 0.4) is 0 Å². The number of aromatic nitrogens is 3. The molecule has 5 nitrogen and oxygen atoms in total. The van der Waals surface area contributed by atoms with E-state index in [0.717, 1.165) is 31.5 Å². The van der Waals surface area contributed by atoms with Crippen molar-refractivity contribution in [2.24, 2.45) is 0 Å². The minimum atomic E-state index is -3.82. The highest BCUT2D eigenvalue weighted by Gasteiger charge is 2.33. The first-order valence-electron chi connectivity index (χ1n) is 6.46. The van der Waals surface area contributed by atoms with Crippen molar-refractivity contribution < 1.29 is 8.42 Å². The van der Waals surface area contributed by atoms with Gasteiger partial charge in [0.25, 0.3) is 14.2 Å². The molecule has 2 heterocycles. The summed E-state index contributed by atoms with van der Waals surface area (Å²) in [5, 5.41) is 9.73. The highest BCUT2D eigenvalue weighted by atomic mass is 35.7. The molecule has 0 aliphatic heterocycles. The van der Waals surface area contributed by atoms with E-state index in [1.165, 1.54) is 4.88 Å². The molecular formula is C12H14ClN3O2S2. The topological polar surface area (TPSA) is 64.8 Å². The molecule has 0 spiro atoms. The third-order valence-electron chi connectivity index (χ3n) is 3.27. The van der Waals surface area contributed by atoms with Gasteiger partial charge < -0.3 is 0 Å². The third-order valence-corrected chi connectivity index (χ3v) is 5.33. The number of hydrogen-bond acceptors (Lipinski definition) is 5. The average Bonchev–Trinajstić information content (AvgIpc) is 2.91. The van der Waals surface area contributed by atoms with Crippen LogP contribution in [-0.4, -0.2) is 23.2 Å². The lowest BCUT2D eigenvalue weighted by atomic mass is 10.2. The van der Waals surface area contributed by atoms with Gasteiger partial charge in [-0.2, -0.15) is 0 Å². The lowest BCUT2D eigenvalue weighted by molar-refractivity contribution is 0.565. The van der Waals surface area contributed by atoms with Gasteiger partial charge in [-0.3, -0.25) is 4.57 Å². The van der Waals surface area contributed by atoms with E-state index < -0.39 is 9.05 Å². The molecule has 1 aliphatic rings. The molecule has 0 bridgehead atoms. The molecule has 1 aliphatic carbocycles. The quantitative estimate of drug-likeness (QED) is 0.763. The Hall–Kier alpha value is -0.920. The van der Waals surface area contributed by atoms with Crippen LogP contribution in [-0.2, 0) is 21.9 Å². The van der Waals surface area contributed by atoms with Crippen molar-refractivity contribution in [3.05, 3.63) is 28.2 Å². The molecule has 2 aromatic heterocycles. The first kappa shape index (κ1) is 14.0. The predicted molar refractivity (Wildman–Crippen MR) is 77.7 cm³/mol. The maximum absolute atomic E-state index is 11.5. The van der Waals surface area contributed by atoms with Crippen LogP contribution in [0.2, 0.25) is 0 Å². The Labute approximate surface area is 126 Å². The van der Waals surface area contributed by atoms with E-state index in [0.29, 0.717) is 6.42 Å². The zero-order chi connectivity index (χ0) is 14.2. The van der Waals surface area contributed by atoms with Crippen molar-refractivity contribution in [1.29, 1.82) is 0 Å². The van der Waals surface area contributed by atoms with Crippen molar-refractivity contribution in [3.8, 4) is 0 Å². The van der Waals surface area contributed by atoms with Gasteiger partial charge in [0.05, 0.1) is 0 Å². The summed E-state index contributed by atoms with van der Waals surface area (Å²) < 4.78 is 24.7. The zero-order valence-electron chi connectivity index (χ0n) is 10.7. The molecule has 1 fully saturated rings. The summed E-state index contributed by atoms with van der Waals surface area (Å²) in [7, 11) is 1.59. The molecule has 0 saturated heterocycles. The van der Waals surface area contributed by atoms with Gasteiger partial charge in [0, 0.05) is 28.0 Å². The van der Waals surface area contributed by atoms with Crippen LogP contribution in [0.15, 0.2) is 22.7 Å². The SMILES string of the molecule is O=S(=O)(Cl)c1nnc(CCCc2cccs2)n1C1CC1. The molecular weight excluding hydrogens is 318 g/mol. The van der Waals surface area contributed by atoms with Gasteiger partial charge in [0.1, 0.15) is 5.82 Å². The highest BCUT2D eigenvalue weighted by Crippen LogP contribution is 2.38. The smallest absolute Gasteiger partial charge is 0.296 e. The van der Waals surface area contributed by atoms with Gasteiger partial charge in [0.2, 0.25) is 0 Å². The minimum Gasteiger partial charge on any atom is -0.298 e. The Kier molecular flexibility index (Phi) is 3.83. The van der Waals surface area contributed by atoms with Crippen molar-refractivity contribution in [2.75, 3.05) is 0 Å². The Balaban J connectivity index is 1.74. The largest absolute Gasteiger partial charge is 0.298 e. The fourth-order valence-electron chi connectivity index (χ4n) is 2.22. The fraction of sp³-hybridized carbons (Fsp3) is 0.500. The minimum absolute atomic E-state index is 0.104. The van der Waals surface area contributed by atoms with E-state index in [1.807, 2.05) is 6.07 Å². The van der Waals surface area contributed by atoms with Gasteiger partial charge >= 0.3 is 0 Å². The van der Waals surface area contributed by atoms with Crippen molar-refractivity contribution in [2.45, 2.75) is 43.3 Å². The molecule has 1 saturated carbocycles. The average molecular weight is 332 g/mol. The molecule has 108 valence electrons. The molecule has 0 unspecified atom stereocenters. The van der Waals surface area contributed by atoms with Crippen LogP contribution in [0.25, 0.3) is 0 Å². The maximum Gasteiger partial charge on any atom is 0.296 e. The first-order valence-corrected chi connectivity index (χ1v) is 9.65. The van der Waals surface area contributed by atoms with Crippen molar-refractivity contribution in [3.63, 3.8) is 0 Å². The van der Waals surface area contributed by atoms with Gasteiger partial charge in [-0.05, 0) is 37.1 Å². The number of thiophene rings is 1. The summed E-state index contributed by atoms with van der Waals surface area (Å²) in [6, 6.07) is 4.33. The third kappa shape index (κ3) is 3.05. The molecule has 0 amide bonds. The fourth-order valence-corrected chi connectivity index (χ4v) is 3.91. The summed E-state index contributed by atoms with van der Waals surface area (Å²) in [6.07, 6.45) is 4.55. The van der Waals surface area contributed by atoms with Crippen LogP contribution < -0.4 is 0 Å². The Bertz CT molecular complexity index is 690. The predicted octanol–water partition coefficient (Wildman–Crippen LogP) is 2.78. The van der Waals surface area contributed by atoms with E-state index >= 15 is 0 Å². The van der Waals surface area contributed by atoms with Crippen LogP contribution in [0.1, 0.15) is 36.0 Å². The van der Waals surface area contributed by atoms with E-state index in [1.54, 1.807) is 15.9 Å². The lowest BCUT2D eigenvalue weighted by Gasteiger charge is -2.06. The second-order valence-electron chi connectivity index (χ2n) is 4.87. The molecule has 0 radical (unpaired) electrons. The number of nitrogens with zero attached hydrogens (tertiary/aromatic N) is 3. The molecule has 0 atom stereocenters. The van der Waals surface area contributed by atoms with Gasteiger partial charge in [0.15, 0.2) is 0 Å². The number of halogens is 1. The van der Waals surface area contributed by atoms with E-state index in [4.69, 9.17) is 10.7 Å². The summed E-state index contributed by atoms with van der Waals surface area (Å²) in [5.74, 6) is 0.725. The molecule has 0 aromatic carbocycles. The van der Waals surface area contributed by atoms with E-state index in [2.05, 4.69) is 21.6 Å². The first-order chi connectivity index (χ1) is 9.55. The van der Waals surface area contributed by atoms with Crippen LogP contribution in [0, 0.1) is 0 Å². The molecule has 8 heteroatoms. The summed E-state index contributed by atoms with van der Waals surface area (Å²) in [5.41, 5.74) is 0. The molecule has 2 aromatic rings. The molecule has 0 N–H and O–H groups in total. The summed E-state index contributed by atoms with van der Waals surface area (Å²) in [6.45, 7) is 0. The molecule has 20 heavy (non-hydrogen) atoms. The van der Waals surface area contributed by atoms with Crippen molar-refractivity contribution in [1.82, 2.24) is 14.8 Å². The molecule has 3 rings (SSSR count). The van der Waals surface area contributed by atoms with Crippen LogP contribution in [0.4, 0.5) is 0 Å². The second-order valence-corrected chi connectivity index (χ2v) is 8.36. The van der Waals surface area contributed by atoms with Crippen molar-refractivity contribution >= 4 is 31.1 Å². The summed E-state index contributed by atoms with van der Waals surface area (Å²) in [4.78, 5) is 1.33. The van der Waals surface area contributed by atoms with Crippen LogP contribution >= 0.6 is 22.0 Å². The Morgan fingerprint density at radius 3 is 2.75 bits per heavy atom. The normalized spacial score (nSPS) is 15.7. The standard InChI is InChI=1S/C12H14ClN3O2S2/c13-20(17,18)12-15-14-11(16(12)9-6-7-9)5-1-3-10-4-2-8-19-10/h2,4,8-9H,1,3,5-7H2. The lowest BCUT2D eigenvalue weighted by Crippen LogP contribution is -2.08.